The van der Waals surface area contributed by atoms with Crippen LogP contribution in [0.4, 0.5) is 0 Å². The van der Waals surface area contributed by atoms with Crippen LogP contribution in [0, 0.1) is 5.92 Å². The topological polar surface area (TPSA) is 66.4 Å². The van der Waals surface area contributed by atoms with Gasteiger partial charge < -0.3 is 1.43 Å². The molecule has 0 aromatic carbocycles. The molecule has 0 aliphatic heterocycles. The van der Waals surface area contributed by atoms with E-state index in [9.17, 15) is 8.42 Å². The van der Waals surface area contributed by atoms with Crippen LogP contribution in [-0.4, -0.2) is 19.5 Å². The molecular weight excluding hydrogens is 177 g/mol. The molecule has 0 spiro atoms. The van der Waals surface area contributed by atoms with Gasteiger partial charge in [0, 0.05) is 6.54 Å². The van der Waals surface area contributed by atoms with Gasteiger partial charge in [0.25, 0.3) is 0 Å². The van der Waals surface area contributed by atoms with E-state index in [2.05, 4.69) is 0 Å². The van der Waals surface area contributed by atoms with Crippen molar-refractivity contribution in [1.82, 2.24) is 4.72 Å². The molecule has 2 N–H and O–H groups in total. The maximum absolute atomic E-state index is 10.1. The van der Waals surface area contributed by atoms with Crippen LogP contribution in [0.25, 0.3) is 0 Å². The van der Waals surface area contributed by atoms with Crippen LogP contribution in [0.5, 0.6) is 0 Å². The maximum atomic E-state index is 10.1. The fourth-order valence-corrected chi connectivity index (χ4v) is 0.852. The summed E-state index contributed by atoms with van der Waals surface area (Å²) >= 11 is 0. The average Bonchev–Trinajstić information content (AvgIpc) is 1.59. The van der Waals surface area contributed by atoms with Crippen molar-refractivity contribution in [1.29, 1.82) is 0 Å². The minimum absolute atomic E-state index is 0. The van der Waals surface area contributed by atoms with Gasteiger partial charge in [-0.3, -0.25) is 4.55 Å². The Morgan fingerprint density at radius 3 is 2.27 bits per heavy atom. The summed E-state index contributed by atoms with van der Waals surface area (Å²) in [7, 11) is -3.97. The number of hydrogen-bond acceptors (Lipinski definition) is 2. The molecule has 6 heteroatoms. The normalized spacial score (nSPS) is 11.3. The summed E-state index contributed by atoms with van der Waals surface area (Å²) in [4.78, 5) is 0. The quantitative estimate of drug-likeness (QED) is 0.382. The third kappa shape index (κ3) is 13.8. The van der Waals surface area contributed by atoms with Crippen LogP contribution >= 0.6 is 0 Å². The second-order valence-corrected chi connectivity index (χ2v) is 3.79. The largest absolute Gasteiger partial charge is 1.00 e. The molecule has 0 unspecified atom stereocenters. The predicted molar refractivity (Wildman–Crippen MR) is 40.1 cm³/mol. The minimum atomic E-state index is -3.97. The van der Waals surface area contributed by atoms with E-state index in [4.69, 9.17) is 4.55 Å². The minimum Gasteiger partial charge on any atom is -1.00 e. The van der Waals surface area contributed by atoms with E-state index < -0.39 is 10.3 Å². The Morgan fingerprint density at radius 1 is 1.55 bits per heavy atom. The van der Waals surface area contributed by atoms with Crippen molar-refractivity contribution in [2.24, 2.45) is 5.92 Å². The molecule has 0 rings (SSSR count). The summed E-state index contributed by atoms with van der Waals surface area (Å²) in [5.74, 6) is 0.439. The van der Waals surface area contributed by atoms with Gasteiger partial charge in [0.2, 0.25) is 0 Å². The first-order chi connectivity index (χ1) is 4.42. The van der Waals surface area contributed by atoms with E-state index in [0.29, 0.717) is 12.5 Å². The Labute approximate surface area is 91.4 Å². The molecule has 0 amide bonds. The van der Waals surface area contributed by atoms with Crippen LogP contribution in [0.2, 0.25) is 0 Å². The third-order valence-electron chi connectivity index (χ3n) is 1.01. The number of hydrogen-bond donors (Lipinski definition) is 2. The van der Waals surface area contributed by atoms with Crippen molar-refractivity contribution in [3.8, 4) is 0 Å². The standard InChI is InChI=1S/C5H13NO3S.Na.H/c1-5(2)3-4-6-10(7,8)9;;/h5-6H,3-4H2,1-2H3,(H,7,8,9);;/q;+1;-1. The van der Waals surface area contributed by atoms with Gasteiger partial charge in [-0.1, -0.05) is 13.8 Å². The van der Waals surface area contributed by atoms with Crippen LogP contribution < -0.4 is 34.3 Å². The molecular formula is C5H14NNaO3S. The maximum Gasteiger partial charge on any atom is 1.00 e. The fraction of sp³-hybridized carbons (Fsp3) is 1.00. The molecule has 64 valence electrons. The van der Waals surface area contributed by atoms with Crippen LogP contribution in [-0.2, 0) is 10.3 Å². The van der Waals surface area contributed by atoms with Crippen LogP contribution in [0.3, 0.4) is 0 Å². The van der Waals surface area contributed by atoms with Crippen LogP contribution in [0.15, 0.2) is 0 Å². The molecule has 0 saturated heterocycles. The van der Waals surface area contributed by atoms with Gasteiger partial charge in [-0.15, -0.1) is 0 Å². The average molecular weight is 191 g/mol. The summed E-state index contributed by atoms with van der Waals surface area (Å²) in [5.41, 5.74) is 0. The predicted octanol–water partition coefficient (Wildman–Crippen LogP) is -2.46. The first-order valence-electron chi connectivity index (χ1n) is 3.14. The van der Waals surface area contributed by atoms with E-state index in [-0.39, 0.29) is 31.0 Å². The van der Waals surface area contributed by atoms with Gasteiger partial charge in [0.15, 0.2) is 0 Å². The molecule has 4 nitrogen and oxygen atoms in total. The molecule has 11 heavy (non-hydrogen) atoms. The molecule has 0 bridgehead atoms. The number of rotatable bonds is 4. The number of nitrogens with one attached hydrogen (secondary N) is 1. The molecule has 0 fully saturated rings. The van der Waals surface area contributed by atoms with Gasteiger partial charge >= 0.3 is 39.9 Å². The Balaban J connectivity index is -0.000000405. The van der Waals surface area contributed by atoms with Crippen molar-refractivity contribution in [3.63, 3.8) is 0 Å². The van der Waals surface area contributed by atoms with Crippen molar-refractivity contribution in [2.45, 2.75) is 20.3 Å². The molecule has 0 aromatic rings. The van der Waals surface area contributed by atoms with Gasteiger partial charge in [-0.05, 0) is 12.3 Å². The summed E-state index contributed by atoms with van der Waals surface area (Å²) in [6, 6.07) is 0. The van der Waals surface area contributed by atoms with E-state index >= 15 is 0 Å². The third-order valence-corrected chi connectivity index (χ3v) is 1.58. The molecule has 0 aliphatic rings. The van der Waals surface area contributed by atoms with Gasteiger partial charge in [0.1, 0.15) is 0 Å². The Hall–Kier alpha value is 0.870. The summed E-state index contributed by atoms with van der Waals surface area (Å²) in [5, 5.41) is 0. The van der Waals surface area contributed by atoms with Crippen molar-refractivity contribution in [3.05, 3.63) is 0 Å². The van der Waals surface area contributed by atoms with E-state index in [1.54, 1.807) is 0 Å². The van der Waals surface area contributed by atoms with Gasteiger partial charge in [0.05, 0.1) is 0 Å². The molecule has 0 radical (unpaired) electrons. The molecule has 0 aliphatic carbocycles. The molecule has 0 atom stereocenters. The fourth-order valence-electron chi connectivity index (χ4n) is 0.477. The first kappa shape index (κ1) is 14.4. The van der Waals surface area contributed by atoms with Crippen molar-refractivity contribution < 1.29 is 44.0 Å². The second-order valence-electron chi connectivity index (χ2n) is 2.55. The summed E-state index contributed by atoms with van der Waals surface area (Å²) < 4.78 is 30.3. The Kier molecular flexibility index (Phi) is 8.37. The SMILES string of the molecule is CC(C)CCNS(=O)(=O)O.[H-].[Na+]. The van der Waals surface area contributed by atoms with Crippen LogP contribution in [0.1, 0.15) is 21.7 Å². The molecule has 0 heterocycles. The van der Waals surface area contributed by atoms with Gasteiger partial charge in [-0.25, -0.2) is 0 Å². The summed E-state index contributed by atoms with van der Waals surface area (Å²) in [6.45, 7) is 4.26. The smallest absolute Gasteiger partial charge is 1.00 e. The summed E-state index contributed by atoms with van der Waals surface area (Å²) in [6.07, 6.45) is 0.736. The second kappa shape index (κ2) is 6.39. The Morgan fingerprint density at radius 2 is 2.00 bits per heavy atom. The zero-order valence-corrected chi connectivity index (χ0v) is 9.98. The van der Waals surface area contributed by atoms with E-state index in [0.717, 1.165) is 6.42 Å². The Bertz CT molecular complexity index is 183. The molecule has 0 saturated carbocycles. The van der Waals surface area contributed by atoms with E-state index in [1.807, 2.05) is 18.6 Å². The monoisotopic (exact) mass is 191 g/mol. The van der Waals surface area contributed by atoms with Gasteiger partial charge in [-0.2, -0.15) is 13.1 Å². The molecule has 0 aromatic heterocycles. The van der Waals surface area contributed by atoms with E-state index in [1.165, 1.54) is 0 Å². The van der Waals surface area contributed by atoms with Crippen molar-refractivity contribution in [2.75, 3.05) is 6.54 Å². The zero-order chi connectivity index (χ0) is 8.20. The van der Waals surface area contributed by atoms with Crippen molar-refractivity contribution >= 4 is 10.3 Å². The first-order valence-corrected chi connectivity index (χ1v) is 4.58. The zero-order valence-electron chi connectivity index (χ0n) is 8.16.